The molecule has 18 heavy (non-hydrogen) atoms. The summed E-state index contributed by atoms with van der Waals surface area (Å²) < 4.78 is 2.42. The maximum absolute atomic E-state index is 5.88. The van der Waals surface area contributed by atoms with Crippen molar-refractivity contribution in [3.63, 3.8) is 0 Å². The third-order valence-electron chi connectivity index (χ3n) is 2.34. The summed E-state index contributed by atoms with van der Waals surface area (Å²) in [6.07, 6.45) is 1.72. The third-order valence-corrected chi connectivity index (χ3v) is 3.80. The van der Waals surface area contributed by atoms with E-state index in [4.69, 9.17) is 23.2 Å². The van der Waals surface area contributed by atoms with Crippen LogP contribution in [0.2, 0.25) is 9.36 Å². The van der Waals surface area contributed by atoms with Crippen molar-refractivity contribution in [1.82, 2.24) is 14.6 Å². The van der Waals surface area contributed by atoms with Crippen molar-refractivity contribution in [3.05, 3.63) is 44.7 Å². The molecule has 0 saturated carbocycles. The second-order valence-electron chi connectivity index (χ2n) is 3.64. The summed E-state index contributed by atoms with van der Waals surface area (Å²) in [5, 5.41) is 8.05. The molecule has 0 aliphatic carbocycles. The van der Waals surface area contributed by atoms with Gasteiger partial charge in [0.15, 0.2) is 5.65 Å². The van der Waals surface area contributed by atoms with E-state index < -0.39 is 0 Å². The largest absolute Gasteiger partial charge is 0.348 e. The molecule has 0 atom stereocenters. The Kier molecular flexibility index (Phi) is 3.11. The van der Waals surface area contributed by atoms with Crippen molar-refractivity contribution >= 4 is 46.1 Å². The molecular formula is C11H8Cl2N4S. The van der Waals surface area contributed by atoms with Gasteiger partial charge >= 0.3 is 0 Å². The molecule has 0 unspecified atom stereocenters. The molecule has 0 aliphatic rings. The molecule has 1 N–H and O–H groups in total. The molecular weight excluding hydrogens is 291 g/mol. The first-order chi connectivity index (χ1) is 8.70. The van der Waals surface area contributed by atoms with Gasteiger partial charge in [0.05, 0.1) is 15.9 Å². The lowest BCUT2D eigenvalue weighted by Crippen LogP contribution is -1.99. The van der Waals surface area contributed by atoms with Gasteiger partial charge in [-0.1, -0.05) is 23.2 Å². The van der Waals surface area contributed by atoms with Crippen molar-refractivity contribution in [1.29, 1.82) is 0 Å². The number of halogens is 2. The molecule has 0 spiro atoms. The van der Waals surface area contributed by atoms with Gasteiger partial charge in [-0.3, -0.25) is 0 Å². The fraction of sp³-hybridized carbons (Fsp3) is 0.0909. The van der Waals surface area contributed by atoms with E-state index >= 15 is 0 Å². The van der Waals surface area contributed by atoms with Crippen LogP contribution in [0.1, 0.15) is 4.88 Å². The van der Waals surface area contributed by atoms with Gasteiger partial charge in [-0.05, 0) is 24.3 Å². The maximum atomic E-state index is 5.88. The van der Waals surface area contributed by atoms with Crippen LogP contribution in [0.4, 0.5) is 5.95 Å². The SMILES string of the molecule is Clc1ccc2nc(NCc3ccc(Cl)s3)nn2c1. The summed E-state index contributed by atoms with van der Waals surface area (Å²) in [6.45, 7) is 0.655. The highest BCUT2D eigenvalue weighted by Gasteiger charge is 2.04. The molecule has 0 aromatic carbocycles. The topological polar surface area (TPSA) is 42.2 Å². The molecule has 0 bridgehead atoms. The Hall–Kier alpha value is -1.30. The monoisotopic (exact) mass is 298 g/mol. The number of anilines is 1. The Balaban J connectivity index is 1.78. The lowest BCUT2D eigenvalue weighted by Gasteiger charge is -1.97. The molecule has 3 aromatic heterocycles. The van der Waals surface area contributed by atoms with Gasteiger partial charge in [-0.25, -0.2) is 4.52 Å². The van der Waals surface area contributed by atoms with E-state index in [1.165, 1.54) is 11.3 Å². The van der Waals surface area contributed by atoms with Gasteiger partial charge in [0.1, 0.15) is 0 Å². The first-order valence-electron chi connectivity index (χ1n) is 5.21. The maximum Gasteiger partial charge on any atom is 0.243 e. The number of nitrogens with one attached hydrogen (secondary N) is 1. The van der Waals surface area contributed by atoms with Gasteiger partial charge < -0.3 is 5.32 Å². The summed E-state index contributed by atoms with van der Waals surface area (Å²) in [4.78, 5) is 5.47. The second kappa shape index (κ2) is 4.76. The molecule has 3 heterocycles. The molecule has 0 fully saturated rings. The van der Waals surface area contributed by atoms with Crippen LogP contribution < -0.4 is 5.32 Å². The normalized spacial score (nSPS) is 11.0. The number of hydrogen-bond acceptors (Lipinski definition) is 4. The van der Waals surface area contributed by atoms with E-state index in [1.54, 1.807) is 16.8 Å². The van der Waals surface area contributed by atoms with Crippen molar-refractivity contribution in [2.45, 2.75) is 6.54 Å². The minimum absolute atomic E-state index is 0.571. The van der Waals surface area contributed by atoms with Gasteiger partial charge in [-0.15, -0.1) is 16.4 Å². The predicted octanol–water partition coefficient (Wildman–Crippen LogP) is 3.71. The summed E-state index contributed by atoms with van der Waals surface area (Å²) in [5.74, 6) is 0.571. The number of thiophene rings is 1. The van der Waals surface area contributed by atoms with E-state index in [9.17, 15) is 0 Å². The summed E-state index contributed by atoms with van der Waals surface area (Å²) >= 11 is 13.3. The fourth-order valence-electron chi connectivity index (χ4n) is 1.55. The molecule has 4 nitrogen and oxygen atoms in total. The van der Waals surface area contributed by atoms with Crippen molar-refractivity contribution in [2.75, 3.05) is 5.32 Å². The van der Waals surface area contributed by atoms with Gasteiger partial charge in [0.25, 0.3) is 0 Å². The summed E-state index contributed by atoms with van der Waals surface area (Å²) in [6, 6.07) is 7.46. The quantitative estimate of drug-likeness (QED) is 0.801. The van der Waals surface area contributed by atoms with Gasteiger partial charge in [-0.2, -0.15) is 4.98 Å². The lowest BCUT2D eigenvalue weighted by atomic mass is 10.5. The Morgan fingerprint density at radius 2 is 2.11 bits per heavy atom. The molecule has 0 saturated heterocycles. The van der Waals surface area contributed by atoms with Crippen LogP contribution in [-0.4, -0.2) is 14.6 Å². The average Bonchev–Trinajstić information content (AvgIpc) is 2.92. The lowest BCUT2D eigenvalue weighted by molar-refractivity contribution is 0.952. The minimum Gasteiger partial charge on any atom is -0.348 e. The molecule has 7 heteroatoms. The Bertz CT molecular complexity index is 691. The fourth-order valence-corrected chi connectivity index (χ4v) is 2.73. The van der Waals surface area contributed by atoms with E-state index in [2.05, 4.69) is 15.4 Å². The molecule has 92 valence electrons. The van der Waals surface area contributed by atoms with Crippen LogP contribution in [0.5, 0.6) is 0 Å². The molecule has 0 aliphatic heterocycles. The molecule has 0 radical (unpaired) electrons. The van der Waals surface area contributed by atoms with Crippen LogP contribution in [0.15, 0.2) is 30.5 Å². The number of rotatable bonds is 3. The third kappa shape index (κ3) is 2.43. The number of hydrogen-bond donors (Lipinski definition) is 1. The van der Waals surface area contributed by atoms with E-state index in [0.717, 1.165) is 14.9 Å². The summed E-state index contributed by atoms with van der Waals surface area (Å²) in [7, 11) is 0. The highest BCUT2D eigenvalue weighted by atomic mass is 35.5. The van der Waals surface area contributed by atoms with E-state index in [1.807, 2.05) is 18.2 Å². The Labute approximate surface area is 117 Å². The number of pyridine rings is 1. The predicted molar refractivity (Wildman–Crippen MR) is 74.7 cm³/mol. The number of aromatic nitrogens is 3. The van der Waals surface area contributed by atoms with E-state index in [-0.39, 0.29) is 0 Å². The van der Waals surface area contributed by atoms with Gasteiger partial charge in [0, 0.05) is 11.1 Å². The second-order valence-corrected chi connectivity index (χ2v) is 5.88. The number of nitrogens with zero attached hydrogens (tertiary/aromatic N) is 3. The van der Waals surface area contributed by atoms with Crippen LogP contribution in [0.25, 0.3) is 5.65 Å². The average molecular weight is 299 g/mol. The van der Waals surface area contributed by atoms with Crippen LogP contribution in [0.3, 0.4) is 0 Å². The minimum atomic E-state index is 0.571. The van der Waals surface area contributed by atoms with Crippen LogP contribution in [0, 0.1) is 0 Å². The zero-order valence-corrected chi connectivity index (χ0v) is 11.4. The van der Waals surface area contributed by atoms with E-state index in [0.29, 0.717) is 17.5 Å². The molecule has 0 amide bonds. The highest BCUT2D eigenvalue weighted by molar-refractivity contribution is 7.16. The highest BCUT2D eigenvalue weighted by Crippen LogP contribution is 2.22. The standard InChI is InChI=1S/C11H8Cl2N4S/c12-7-1-4-10-15-11(16-17(10)6-7)14-5-8-2-3-9(13)18-8/h1-4,6H,5H2,(H,14,16). The zero-order chi connectivity index (χ0) is 12.5. The van der Waals surface area contributed by atoms with Crippen molar-refractivity contribution < 1.29 is 0 Å². The van der Waals surface area contributed by atoms with Crippen LogP contribution in [-0.2, 0) is 6.54 Å². The zero-order valence-electron chi connectivity index (χ0n) is 9.10. The first-order valence-corrected chi connectivity index (χ1v) is 6.78. The van der Waals surface area contributed by atoms with Gasteiger partial charge in [0.2, 0.25) is 5.95 Å². The van der Waals surface area contributed by atoms with Crippen molar-refractivity contribution in [3.8, 4) is 0 Å². The van der Waals surface area contributed by atoms with Crippen molar-refractivity contribution in [2.24, 2.45) is 0 Å². The first kappa shape index (κ1) is 11.8. The smallest absolute Gasteiger partial charge is 0.243 e. The van der Waals surface area contributed by atoms with Crippen LogP contribution >= 0.6 is 34.5 Å². The molecule has 3 rings (SSSR count). The number of fused-ring (bicyclic) bond motifs is 1. The molecule has 3 aromatic rings. The Morgan fingerprint density at radius 1 is 1.22 bits per heavy atom. The Morgan fingerprint density at radius 3 is 2.89 bits per heavy atom. The summed E-state index contributed by atoms with van der Waals surface area (Å²) in [5.41, 5.74) is 0.756.